The van der Waals surface area contributed by atoms with Gasteiger partial charge in [-0.15, -0.1) is 0 Å². The van der Waals surface area contributed by atoms with E-state index in [4.69, 9.17) is 14.2 Å². The van der Waals surface area contributed by atoms with Crippen molar-refractivity contribution < 1.29 is 19.3 Å². The normalized spacial score (nSPS) is 18.6. The zero-order valence-electron chi connectivity index (χ0n) is 12.8. The predicted molar refractivity (Wildman–Crippen MR) is 78.0 cm³/mol. The standard InChI is InChI=1S/C14H30N2O4/c1-13(2)20-10-9-19-12-14(17)11-15-3-4-16-5-7-18-8-6-16/h13-15,17H,3-12H2,1-2H3. The van der Waals surface area contributed by atoms with Crippen LogP contribution in [0.1, 0.15) is 13.8 Å². The SMILES string of the molecule is CC(C)OCCOCC(O)CNCCN1CCOCC1. The zero-order chi connectivity index (χ0) is 14.6. The van der Waals surface area contributed by atoms with Crippen molar-refractivity contribution in [3.63, 3.8) is 0 Å². The van der Waals surface area contributed by atoms with Crippen LogP contribution in [0.5, 0.6) is 0 Å². The summed E-state index contributed by atoms with van der Waals surface area (Å²) in [6.45, 7) is 11.6. The second-order valence-corrected chi connectivity index (χ2v) is 5.31. The molecule has 1 fully saturated rings. The van der Waals surface area contributed by atoms with Crippen molar-refractivity contribution in [2.24, 2.45) is 0 Å². The Bertz CT molecular complexity index is 223. The van der Waals surface area contributed by atoms with Crippen LogP contribution in [0.25, 0.3) is 0 Å². The van der Waals surface area contributed by atoms with E-state index in [0.29, 0.717) is 26.4 Å². The van der Waals surface area contributed by atoms with Gasteiger partial charge in [0.1, 0.15) is 0 Å². The van der Waals surface area contributed by atoms with Crippen molar-refractivity contribution >= 4 is 0 Å². The van der Waals surface area contributed by atoms with Gasteiger partial charge in [-0.1, -0.05) is 0 Å². The van der Waals surface area contributed by atoms with Crippen LogP contribution >= 0.6 is 0 Å². The van der Waals surface area contributed by atoms with Gasteiger partial charge in [-0.2, -0.15) is 0 Å². The van der Waals surface area contributed by atoms with Gasteiger partial charge in [0.05, 0.1) is 45.2 Å². The van der Waals surface area contributed by atoms with Crippen molar-refractivity contribution in [2.45, 2.75) is 26.1 Å². The number of rotatable bonds is 11. The van der Waals surface area contributed by atoms with Crippen LogP contribution in [-0.4, -0.2) is 88.0 Å². The molecule has 1 aliphatic heterocycles. The topological polar surface area (TPSA) is 63.2 Å². The number of hydrogen-bond donors (Lipinski definition) is 2. The van der Waals surface area contributed by atoms with Gasteiger partial charge in [-0.05, 0) is 13.8 Å². The number of nitrogens with one attached hydrogen (secondary N) is 1. The summed E-state index contributed by atoms with van der Waals surface area (Å²) in [5.74, 6) is 0. The Morgan fingerprint density at radius 1 is 1.25 bits per heavy atom. The molecular weight excluding hydrogens is 260 g/mol. The lowest BCUT2D eigenvalue weighted by Gasteiger charge is -2.26. The van der Waals surface area contributed by atoms with E-state index in [1.54, 1.807) is 0 Å². The monoisotopic (exact) mass is 290 g/mol. The second kappa shape index (κ2) is 11.4. The molecule has 6 nitrogen and oxygen atoms in total. The molecule has 0 saturated carbocycles. The Morgan fingerprint density at radius 3 is 2.70 bits per heavy atom. The van der Waals surface area contributed by atoms with Crippen molar-refractivity contribution in [3.05, 3.63) is 0 Å². The summed E-state index contributed by atoms with van der Waals surface area (Å²) in [4.78, 5) is 2.36. The molecule has 0 aliphatic carbocycles. The van der Waals surface area contributed by atoms with Crippen LogP contribution in [0.3, 0.4) is 0 Å². The minimum Gasteiger partial charge on any atom is -0.389 e. The van der Waals surface area contributed by atoms with Crippen LogP contribution in [-0.2, 0) is 14.2 Å². The summed E-state index contributed by atoms with van der Waals surface area (Å²) < 4.78 is 16.0. The third-order valence-corrected chi connectivity index (χ3v) is 3.08. The smallest absolute Gasteiger partial charge is 0.0897 e. The van der Waals surface area contributed by atoms with Crippen LogP contribution in [0.4, 0.5) is 0 Å². The quantitative estimate of drug-likeness (QED) is 0.510. The van der Waals surface area contributed by atoms with Gasteiger partial charge in [0.15, 0.2) is 0 Å². The minimum absolute atomic E-state index is 0.227. The Balaban J connectivity index is 1.85. The molecule has 0 radical (unpaired) electrons. The largest absolute Gasteiger partial charge is 0.389 e. The highest BCUT2D eigenvalue weighted by Crippen LogP contribution is 1.95. The van der Waals surface area contributed by atoms with Gasteiger partial charge in [-0.3, -0.25) is 4.90 Å². The lowest BCUT2D eigenvalue weighted by molar-refractivity contribution is -0.0102. The summed E-state index contributed by atoms with van der Waals surface area (Å²) in [5.41, 5.74) is 0. The maximum Gasteiger partial charge on any atom is 0.0897 e. The fourth-order valence-electron chi connectivity index (χ4n) is 1.95. The number of hydrogen-bond acceptors (Lipinski definition) is 6. The first kappa shape index (κ1) is 17.8. The Labute approximate surface area is 122 Å². The van der Waals surface area contributed by atoms with E-state index in [-0.39, 0.29) is 6.10 Å². The van der Waals surface area contributed by atoms with E-state index < -0.39 is 6.10 Å². The van der Waals surface area contributed by atoms with Gasteiger partial charge in [0.2, 0.25) is 0 Å². The number of nitrogens with zero attached hydrogens (tertiary/aromatic N) is 1. The molecule has 1 unspecified atom stereocenters. The van der Waals surface area contributed by atoms with Gasteiger partial charge in [0, 0.05) is 32.7 Å². The first-order valence-electron chi connectivity index (χ1n) is 7.56. The summed E-state index contributed by atoms with van der Waals surface area (Å²) in [6, 6.07) is 0. The average Bonchev–Trinajstić information content (AvgIpc) is 2.44. The zero-order valence-corrected chi connectivity index (χ0v) is 12.8. The van der Waals surface area contributed by atoms with Crippen molar-refractivity contribution in [1.82, 2.24) is 10.2 Å². The first-order valence-corrected chi connectivity index (χ1v) is 7.56. The number of aliphatic hydroxyl groups excluding tert-OH is 1. The maximum absolute atomic E-state index is 9.73. The van der Waals surface area contributed by atoms with E-state index in [1.165, 1.54) is 0 Å². The molecule has 1 heterocycles. The maximum atomic E-state index is 9.73. The molecule has 0 spiro atoms. The molecule has 0 aromatic heterocycles. The minimum atomic E-state index is -0.460. The summed E-state index contributed by atoms with van der Waals surface area (Å²) in [7, 11) is 0. The molecule has 6 heteroatoms. The van der Waals surface area contributed by atoms with Crippen LogP contribution in [0.15, 0.2) is 0 Å². The Morgan fingerprint density at radius 2 is 2.00 bits per heavy atom. The highest BCUT2D eigenvalue weighted by Gasteiger charge is 2.09. The van der Waals surface area contributed by atoms with E-state index in [2.05, 4.69) is 10.2 Å². The second-order valence-electron chi connectivity index (χ2n) is 5.31. The lowest BCUT2D eigenvalue weighted by atomic mass is 10.3. The molecule has 1 aliphatic rings. The Hall–Kier alpha value is -0.240. The Kier molecular flexibility index (Phi) is 10.2. The van der Waals surface area contributed by atoms with Crippen LogP contribution in [0, 0.1) is 0 Å². The first-order chi connectivity index (χ1) is 9.68. The highest BCUT2D eigenvalue weighted by atomic mass is 16.5. The van der Waals surface area contributed by atoms with E-state index in [0.717, 1.165) is 39.4 Å². The van der Waals surface area contributed by atoms with Crippen molar-refractivity contribution in [2.75, 3.05) is 65.8 Å². The molecule has 1 atom stereocenters. The van der Waals surface area contributed by atoms with Crippen molar-refractivity contribution in [1.29, 1.82) is 0 Å². The molecule has 1 rings (SSSR count). The fourth-order valence-corrected chi connectivity index (χ4v) is 1.95. The molecule has 120 valence electrons. The third-order valence-electron chi connectivity index (χ3n) is 3.08. The number of ether oxygens (including phenoxy) is 3. The van der Waals surface area contributed by atoms with Gasteiger partial charge in [0.25, 0.3) is 0 Å². The van der Waals surface area contributed by atoms with Gasteiger partial charge >= 0.3 is 0 Å². The summed E-state index contributed by atoms with van der Waals surface area (Å²) >= 11 is 0. The molecule has 0 aromatic rings. The molecule has 2 N–H and O–H groups in total. The fraction of sp³-hybridized carbons (Fsp3) is 1.00. The highest BCUT2D eigenvalue weighted by molar-refractivity contribution is 4.65. The van der Waals surface area contributed by atoms with E-state index in [1.807, 2.05) is 13.8 Å². The summed E-state index contributed by atoms with van der Waals surface area (Å²) in [6.07, 6.45) is -0.232. The molecule has 0 bridgehead atoms. The number of aliphatic hydroxyl groups is 1. The summed E-state index contributed by atoms with van der Waals surface area (Å²) in [5, 5.41) is 13.0. The number of morpholine rings is 1. The molecular formula is C14H30N2O4. The third kappa shape index (κ3) is 9.63. The average molecular weight is 290 g/mol. The lowest BCUT2D eigenvalue weighted by Crippen LogP contribution is -2.41. The van der Waals surface area contributed by atoms with Crippen LogP contribution in [0.2, 0.25) is 0 Å². The molecule has 0 amide bonds. The molecule has 0 aromatic carbocycles. The predicted octanol–water partition coefficient (Wildman–Crippen LogP) is -0.289. The molecule has 1 saturated heterocycles. The van der Waals surface area contributed by atoms with Crippen LogP contribution < -0.4 is 5.32 Å². The van der Waals surface area contributed by atoms with E-state index >= 15 is 0 Å². The molecule has 20 heavy (non-hydrogen) atoms. The van der Waals surface area contributed by atoms with Crippen molar-refractivity contribution in [3.8, 4) is 0 Å². The van der Waals surface area contributed by atoms with Gasteiger partial charge in [-0.25, -0.2) is 0 Å². The van der Waals surface area contributed by atoms with Gasteiger partial charge < -0.3 is 24.6 Å². The van der Waals surface area contributed by atoms with E-state index in [9.17, 15) is 5.11 Å².